The molecule has 0 radical (unpaired) electrons. The van der Waals surface area contributed by atoms with E-state index >= 15 is 0 Å². The number of rotatable bonds is 8. The Morgan fingerprint density at radius 3 is 2.68 bits per heavy atom. The van der Waals surface area contributed by atoms with Gasteiger partial charge in [0.15, 0.2) is 6.10 Å². The Morgan fingerprint density at radius 1 is 1.26 bits per heavy atom. The van der Waals surface area contributed by atoms with Crippen LogP contribution in [0.1, 0.15) is 50.7 Å². The van der Waals surface area contributed by atoms with Crippen molar-refractivity contribution >= 4 is 5.97 Å². The summed E-state index contributed by atoms with van der Waals surface area (Å²) in [5.74, 6) is -0.543. The van der Waals surface area contributed by atoms with Crippen LogP contribution in [0.25, 0.3) is 0 Å². The van der Waals surface area contributed by atoms with E-state index in [1.807, 2.05) is 12.1 Å². The molecule has 106 valence electrons. The van der Waals surface area contributed by atoms with Crippen molar-refractivity contribution in [2.45, 2.75) is 58.7 Å². The van der Waals surface area contributed by atoms with Crippen molar-refractivity contribution in [1.82, 2.24) is 0 Å². The Kier molecular flexibility index (Phi) is 7.19. The highest BCUT2D eigenvalue weighted by Gasteiger charge is 2.13. The highest BCUT2D eigenvalue weighted by Crippen LogP contribution is 2.11. The Balaban J connectivity index is 2.45. The number of ether oxygens (including phenoxy) is 1. The molecule has 1 unspecified atom stereocenters. The molecule has 0 spiro atoms. The van der Waals surface area contributed by atoms with Gasteiger partial charge in [-0.1, -0.05) is 51.0 Å². The number of unbranched alkanes of at least 4 members (excludes halogenated alkanes) is 2. The smallest absolute Gasteiger partial charge is 0.335 e. The lowest BCUT2D eigenvalue weighted by Crippen LogP contribution is -2.21. The molecule has 0 aliphatic carbocycles. The van der Waals surface area contributed by atoms with E-state index in [0.717, 1.165) is 12.0 Å². The quantitative estimate of drug-likeness (QED) is 0.579. The zero-order valence-corrected chi connectivity index (χ0v) is 11.9. The molecular weight excluding hydrogens is 240 g/mol. The molecule has 3 nitrogen and oxygen atoms in total. The van der Waals surface area contributed by atoms with E-state index in [4.69, 9.17) is 4.74 Å². The number of benzene rings is 1. The van der Waals surface area contributed by atoms with Crippen LogP contribution >= 0.6 is 0 Å². The first-order valence-electron chi connectivity index (χ1n) is 7.09. The zero-order chi connectivity index (χ0) is 14.1. The monoisotopic (exact) mass is 264 g/mol. The molecule has 1 aromatic carbocycles. The number of aliphatic hydroxyl groups excluding tert-OH is 1. The number of carbonyl (C=O) groups excluding carboxylic acids is 1. The van der Waals surface area contributed by atoms with Gasteiger partial charge < -0.3 is 9.84 Å². The zero-order valence-electron chi connectivity index (χ0n) is 11.9. The van der Waals surface area contributed by atoms with Gasteiger partial charge in [0.1, 0.15) is 6.61 Å². The van der Waals surface area contributed by atoms with Gasteiger partial charge >= 0.3 is 5.97 Å². The molecule has 1 N–H and O–H groups in total. The van der Waals surface area contributed by atoms with Gasteiger partial charge in [0.2, 0.25) is 0 Å². The number of hydrogen-bond acceptors (Lipinski definition) is 3. The van der Waals surface area contributed by atoms with E-state index in [1.165, 1.54) is 24.8 Å². The number of aliphatic hydroxyl groups is 1. The lowest BCUT2D eigenvalue weighted by atomic mass is 10.0. The maximum atomic E-state index is 11.4. The van der Waals surface area contributed by atoms with Gasteiger partial charge in [-0.25, -0.2) is 4.79 Å². The molecule has 0 saturated carbocycles. The standard InChI is InChI=1S/C16H24O3/c1-3-5-6-8-13-9-7-10-14(11-13)12-19-16(18)15(17)4-2/h7,9-11,15,17H,3-6,8,12H2,1-2H3. The number of esters is 1. The van der Waals surface area contributed by atoms with Crippen molar-refractivity contribution in [2.24, 2.45) is 0 Å². The molecule has 0 saturated heterocycles. The van der Waals surface area contributed by atoms with Gasteiger partial charge in [-0.05, 0) is 30.4 Å². The van der Waals surface area contributed by atoms with Gasteiger partial charge in [-0.3, -0.25) is 0 Å². The van der Waals surface area contributed by atoms with Crippen LogP contribution in [0.2, 0.25) is 0 Å². The van der Waals surface area contributed by atoms with Crippen LogP contribution in [0, 0.1) is 0 Å². The lowest BCUT2D eigenvalue weighted by molar-refractivity contribution is -0.155. The van der Waals surface area contributed by atoms with Crippen LogP contribution in [-0.4, -0.2) is 17.2 Å². The molecule has 0 heterocycles. The third-order valence-electron chi connectivity index (χ3n) is 3.10. The second-order valence-electron chi connectivity index (χ2n) is 4.81. The summed E-state index contributed by atoms with van der Waals surface area (Å²) in [4.78, 5) is 11.4. The second-order valence-corrected chi connectivity index (χ2v) is 4.81. The van der Waals surface area contributed by atoms with Crippen LogP contribution in [0.4, 0.5) is 0 Å². The normalized spacial score (nSPS) is 12.2. The Labute approximate surface area is 115 Å². The molecule has 0 aliphatic rings. The van der Waals surface area contributed by atoms with E-state index < -0.39 is 12.1 Å². The fourth-order valence-electron chi connectivity index (χ4n) is 1.87. The fourth-order valence-corrected chi connectivity index (χ4v) is 1.87. The van der Waals surface area contributed by atoms with Crippen LogP contribution in [0.15, 0.2) is 24.3 Å². The first-order chi connectivity index (χ1) is 9.17. The summed E-state index contributed by atoms with van der Waals surface area (Å²) in [6.07, 6.45) is 4.08. The molecule has 0 amide bonds. The average Bonchev–Trinajstić information content (AvgIpc) is 2.44. The molecule has 1 rings (SSSR count). The number of hydrogen-bond donors (Lipinski definition) is 1. The van der Waals surface area contributed by atoms with Gasteiger partial charge in [0.05, 0.1) is 0 Å². The third-order valence-corrected chi connectivity index (χ3v) is 3.10. The highest BCUT2D eigenvalue weighted by atomic mass is 16.5. The maximum Gasteiger partial charge on any atom is 0.335 e. The van der Waals surface area contributed by atoms with E-state index in [2.05, 4.69) is 19.1 Å². The Bertz CT molecular complexity index is 387. The van der Waals surface area contributed by atoms with Gasteiger partial charge in [-0.15, -0.1) is 0 Å². The largest absolute Gasteiger partial charge is 0.459 e. The van der Waals surface area contributed by atoms with Crippen LogP contribution in [-0.2, 0) is 22.6 Å². The SMILES string of the molecule is CCCCCc1cccc(COC(=O)C(O)CC)c1. The summed E-state index contributed by atoms with van der Waals surface area (Å²) in [6, 6.07) is 8.10. The van der Waals surface area contributed by atoms with Crippen LogP contribution < -0.4 is 0 Å². The predicted molar refractivity (Wildman–Crippen MR) is 75.8 cm³/mol. The number of aryl methyl sites for hydroxylation is 1. The molecule has 3 heteroatoms. The molecule has 0 fully saturated rings. The minimum atomic E-state index is -1.01. The summed E-state index contributed by atoms with van der Waals surface area (Å²) in [5.41, 5.74) is 2.25. The molecule has 1 aromatic rings. The van der Waals surface area contributed by atoms with Crippen molar-refractivity contribution in [1.29, 1.82) is 0 Å². The summed E-state index contributed by atoms with van der Waals surface area (Å²) >= 11 is 0. The van der Waals surface area contributed by atoms with Crippen molar-refractivity contribution < 1.29 is 14.6 Å². The Hall–Kier alpha value is -1.35. The average molecular weight is 264 g/mol. The number of carbonyl (C=O) groups is 1. The minimum Gasteiger partial charge on any atom is -0.459 e. The predicted octanol–water partition coefficient (Wildman–Crippen LogP) is 3.23. The second kappa shape index (κ2) is 8.70. The molecule has 0 aromatic heterocycles. The molecular formula is C16H24O3. The summed E-state index contributed by atoms with van der Waals surface area (Å²) in [6.45, 7) is 4.17. The maximum absolute atomic E-state index is 11.4. The summed E-state index contributed by atoms with van der Waals surface area (Å²) in [5, 5.41) is 9.33. The minimum absolute atomic E-state index is 0.234. The molecule has 0 aliphatic heterocycles. The van der Waals surface area contributed by atoms with Crippen molar-refractivity contribution in [3.63, 3.8) is 0 Å². The first-order valence-corrected chi connectivity index (χ1v) is 7.09. The lowest BCUT2D eigenvalue weighted by Gasteiger charge is -2.09. The van der Waals surface area contributed by atoms with Gasteiger partial charge in [-0.2, -0.15) is 0 Å². The van der Waals surface area contributed by atoms with E-state index in [-0.39, 0.29) is 6.61 Å². The topological polar surface area (TPSA) is 46.5 Å². The highest BCUT2D eigenvalue weighted by molar-refractivity contribution is 5.74. The van der Waals surface area contributed by atoms with Crippen LogP contribution in [0.3, 0.4) is 0 Å². The van der Waals surface area contributed by atoms with Gasteiger partial charge in [0, 0.05) is 0 Å². The molecule has 1 atom stereocenters. The first kappa shape index (κ1) is 15.7. The fraction of sp³-hybridized carbons (Fsp3) is 0.562. The van der Waals surface area contributed by atoms with Crippen molar-refractivity contribution in [3.8, 4) is 0 Å². The summed E-state index contributed by atoms with van der Waals surface area (Å²) in [7, 11) is 0. The molecule has 19 heavy (non-hydrogen) atoms. The van der Waals surface area contributed by atoms with Gasteiger partial charge in [0.25, 0.3) is 0 Å². The van der Waals surface area contributed by atoms with Crippen LogP contribution in [0.5, 0.6) is 0 Å². The molecule has 0 bridgehead atoms. The van der Waals surface area contributed by atoms with Crippen molar-refractivity contribution in [2.75, 3.05) is 0 Å². The van der Waals surface area contributed by atoms with Crippen molar-refractivity contribution in [3.05, 3.63) is 35.4 Å². The Morgan fingerprint density at radius 2 is 2.00 bits per heavy atom. The van der Waals surface area contributed by atoms with E-state index in [1.54, 1.807) is 6.92 Å². The van der Waals surface area contributed by atoms with E-state index in [9.17, 15) is 9.90 Å². The third kappa shape index (κ3) is 5.88. The van der Waals surface area contributed by atoms with E-state index in [0.29, 0.717) is 6.42 Å². The summed E-state index contributed by atoms with van der Waals surface area (Å²) < 4.78 is 5.07.